The first-order valence-electron chi connectivity index (χ1n) is 3.39. The van der Waals surface area contributed by atoms with Crippen LogP contribution in [-0.4, -0.2) is 0 Å². The van der Waals surface area contributed by atoms with Gasteiger partial charge in [0, 0.05) is 0 Å². The molecule has 0 atom stereocenters. The Bertz CT molecular complexity index is 141. The molecular weight excluding hydrogens is 268 g/mol. The molecule has 0 bridgehead atoms. The molecule has 0 N–H and O–H groups in total. The Morgan fingerprint density at radius 3 is 2.64 bits per heavy atom. The van der Waals surface area contributed by atoms with E-state index in [4.69, 9.17) is 0 Å². The molecule has 0 spiro atoms. The van der Waals surface area contributed by atoms with Crippen LogP contribution in [-0.2, 0) is 18.3 Å². The number of hydrogen-bond acceptors (Lipinski definition) is 0. The van der Waals surface area contributed by atoms with Crippen molar-refractivity contribution < 1.29 is 18.3 Å². The van der Waals surface area contributed by atoms with Crippen LogP contribution in [0.1, 0.15) is 25.7 Å². The molecule has 0 aromatic heterocycles. The van der Waals surface area contributed by atoms with Gasteiger partial charge < -0.3 is 0 Å². The van der Waals surface area contributed by atoms with Gasteiger partial charge in [0.15, 0.2) is 0 Å². The van der Waals surface area contributed by atoms with Gasteiger partial charge in [-0.25, -0.2) is 0 Å². The van der Waals surface area contributed by atoms with Gasteiger partial charge in [-0.3, -0.25) is 0 Å². The molecule has 11 heavy (non-hydrogen) atoms. The fourth-order valence-corrected chi connectivity index (χ4v) is 1.38. The Hall–Kier alpha value is 0.683. The average Bonchev–Trinajstić information content (AvgIpc) is 1.79. The Morgan fingerprint density at radius 1 is 1.18 bits per heavy atom. The Labute approximate surface area is 91.0 Å². The van der Waals surface area contributed by atoms with Gasteiger partial charge in [-0.1, -0.05) is 0 Å². The molecule has 1 aliphatic rings. The molecule has 1 rings (SSSR count). The van der Waals surface area contributed by atoms with Crippen LogP contribution in [0, 0.1) is 0 Å². The number of halogens is 2. The minimum absolute atomic E-state index is 0. The molecule has 3 heteroatoms. The van der Waals surface area contributed by atoms with E-state index in [0.717, 1.165) is 0 Å². The van der Waals surface area contributed by atoms with E-state index >= 15 is 0 Å². The summed E-state index contributed by atoms with van der Waals surface area (Å²) >= 11 is 2.68. The Balaban J connectivity index is 0. The van der Waals surface area contributed by atoms with Gasteiger partial charge in [-0.05, 0) is 0 Å². The number of hydrogen-bond donors (Lipinski definition) is 0. The summed E-state index contributed by atoms with van der Waals surface area (Å²) in [5, 5.41) is 0. The predicted octanol–water partition coefficient (Wildman–Crippen LogP) is 3.39. The summed E-state index contributed by atoms with van der Waals surface area (Å²) in [4.78, 5) is 0. The van der Waals surface area contributed by atoms with Crippen molar-refractivity contribution >= 4 is 24.8 Å². The van der Waals surface area contributed by atoms with Crippen molar-refractivity contribution in [2.24, 2.45) is 0 Å². The SMILES string of the molecule is Cl.Cl.[Ru]/[C]1=C/C=C\CCCC1. The predicted molar refractivity (Wildman–Crippen MR) is 50.2 cm³/mol. The fourth-order valence-electron chi connectivity index (χ4n) is 0.901. The van der Waals surface area contributed by atoms with Crippen LogP contribution in [0.4, 0.5) is 0 Å². The van der Waals surface area contributed by atoms with Gasteiger partial charge in [0.1, 0.15) is 0 Å². The molecule has 1 aliphatic carbocycles. The van der Waals surface area contributed by atoms with E-state index in [1.165, 1.54) is 29.9 Å². The van der Waals surface area contributed by atoms with Gasteiger partial charge in [-0.15, -0.1) is 24.8 Å². The fraction of sp³-hybridized carbons (Fsp3) is 0.500. The van der Waals surface area contributed by atoms with Crippen molar-refractivity contribution in [3.8, 4) is 0 Å². The third kappa shape index (κ3) is 7.06. The molecule has 0 fully saturated rings. The first-order valence-corrected chi connectivity index (χ1v) is 4.26. The molecule has 0 aliphatic heterocycles. The summed E-state index contributed by atoms with van der Waals surface area (Å²) in [5.41, 5.74) is 0. The normalized spacial score (nSPS) is 24.3. The van der Waals surface area contributed by atoms with E-state index < -0.39 is 0 Å². The molecule has 0 saturated heterocycles. The van der Waals surface area contributed by atoms with Crippen LogP contribution < -0.4 is 0 Å². The van der Waals surface area contributed by atoms with Crippen molar-refractivity contribution in [2.75, 3.05) is 0 Å². The third-order valence-electron chi connectivity index (χ3n) is 1.44. The molecule has 67 valence electrons. The first-order chi connectivity index (χ1) is 4.39. The summed E-state index contributed by atoms with van der Waals surface area (Å²) in [6.45, 7) is 0. The van der Waals surface area contributed by atoms with E-state index in [0.29, 0.717) is 0 Å². The third-order valence-corrected chi connectivity index (χ3v) is 2.16. The monoisotopic (exact) mass is 281 g/mol. The second kappa shape index (κ2) is 8.78. The van der Waals surface area contributed by atoms with Crippen molar-refractivity contribution in [1.82, 2.24) is 0 Å². The van der Waals surface area contributed by atoms with Crippen LogP contribution >= 0.6 is 24.8 Å². The summed E-state index contributed by atoms with van der Waals surface area (Å²) in [6.07, 6.45) is 11.8. The van der Waals surface area contributed by atoms with Crippen LogP contribution in [0.5, 0.6) is 0 Å². The van der Waals surface area contributed by atoms with Gasteiger partial charge in [0.2, 0.25) is 0 Å². The van der Waals surface area contributed by atoms with E-state index in [1.54, 1.807) is 0 Å². The standard InChI is InChI=1S/C8H11.2ClH.Ru/c1-2-4-6-8-7-5-3-1;;;/h1-3H,4,6-8H2;2*1H;/b2-1-,5-3?;;;. The van der Waals surface area contributed by atoms with Crippen molar-refractivity contribution in [2.45, 2.75) is 25.7 Å². The summed E-state index contributed by atoms with van der Waals surface area (Å²) in [6, 6.07) is 0. The van der Waals surface area contributed by atoms with Gasteiger partial charge in [0.05, 0.1) is 0 Å². The van der Waals surface area contributed by atoms with E-state index in [9.17, 15) is 0 Å². The second-order valence-corrected chi connectivity index (χ2v) is 3.39. The molecule has 0 aromatic rings. The number of rotatable bonds is 0. The Morgan fingerprint density at radius 2 is 1.91 bits per heavy atom. The van der Waals surface area contributed by atoms with Crippen molar-refractivity contribution in [3.63, 3.8) is 0 Å². The molecule has 0 aromatic carbocycles. The summed E-state index contributed by atoms with van der Waals surface area (Å²) in [7, 11) is 0. The van der Waals surface area contributed by atoms with E-state index in [-0.39, 0.29) is 24.8 Å². The molecule has 0 amide bonds. The van der Waals surface area contributed by atoms with Crippen molar-refractivity contribution in [3.05, 3.63) is 22.4 Å². The summed E-state index contributed by atoms with van der Waals surface area (Å²) < 4.78 is 1.45. The first kappa shape index (κ1) is 14.2. The summed E-state index contributed by atoms with van der Waals surface area (Å²) in [5.74, 6) is 0. The zero-order chi connectivity index (χ0) is 6.53. The van der Waals surface area contributed by atoms with Crippen LogP contribution in [0.15, 0.2) is 22.4 Å². The van der Waals surface area contributed by atoms with Crippen LogP contribution in [0.25, 0.3) is 0 Å². The van der Waals surface area contributed by atoms with Crippen LogP contribution in [0.3, 0.4) is 0 Å². The Kier molecular flexibility index (Phi) is 11.3. The quantitative estimate of drug-likeness (QED) is 0.597. The van der Waals surface area contributed by atoms with Crippen LogP contribution in [0.2, 0.25) is 0 Å². The minimum atomic E-state index is 0. The van der Waals surface area contributed by atoms with Gasteiger partial charge >= 0.3 is 66.4 Å². The van der Waals surface area contributed by atoms with Gasteiger partial charge in [-0.2, -0.15) is 0 Å². The van der Waals surface area contributed by atoms with Gasteiger partial charge in [0.25, 0.3) is 0 Å². The van der Waals surface area contributed by atoms with E-state index in [1.807, 2.05) is 0 Å². The molecule has 0 nitrogen and oxygen atoms in total. The maximum atomic E-state index is 2.68. The molecule has 0 heterocycles. The number of allylic oxidation sites excluding steroid dienone is 4. The topological polar surface area (TPSA) is 0 Å². The maximum absolute atomic E-state index is 2.68. The molecule has 0 saturated carbocycles. The molecule has 0 unspecified atom stereocenters. The zero-order valence-corrected chi connectivity index (χ0v) is 9.60. The molecule has 0 radical (unpaired) electrons. The second-order valence-electron chi connectivity index (χ2n) is 2.27. The molecular formula is C8H13Cl2Ru. The van der Waals surface area contributed by atoms with Crippen molar-refractivity contribution in [1.29, 1.82) is 0 Å². The zero-order valence-electron chi connectivity index (χ0n) is 6.23. The van der Waals surface area contributed by atoms with E-state index in [2.05, 4.69) is 36.5 Å². The average molecular weight is 281 g/mol.